The van der Waals surface area contributed by atoms with Gasteiger partial charge in [0.15, 0.2) is 0 Å². The van der Waals surface area contributed by atoms with E-state index in [4.69, 9.17) is 5.73 Å². The summed E-state index contributed by atoms with van der Waals surface area (Å²) in [5.74, 6) is 0.0256. The number of nitrogens with one attached hydrogen (secondary N) is 1. The van der Waals surface area contributed by atoms with Crippen LogP contribution in [0.2, 0.25) is 0 Å². The van der Waals surface area contributed by atoms with Crippen molar-refractivity contribution >= 4 is 41.8 Å². The Kier molecular flexibility index (Phi) is 6.85. The first-order valence-electron chi connectivity index (χ1n) is 8.29. The van der Waals surface area contributed by atoms with Gasteiger partial charge in [0.1, 0.15) is 11.3 Å². The van der Waals surface area contributed by atoms with Gasteiger partial charge in [0.2, 0.25) is 0 Å². The van der Waals surface area contributed by atoms with Crippen LogP contribution in [0.4, 0.5) is 0 Å². The lowest BCUT2D eigenvalue weighted by molar-refractivity contribution is 0.0893. The molecule has 1 amide bonds. The molecule has 0 spiro atoms. The molecule has 3 N–H and O–H groups in total. The predicted octanol–water partition coefficient (Wildman–Crippen LogP) is 0.641. The summed E-state index contributed by atoms with van der Waals surface area (Å²) in [5.41, 5.74) is 5.47. The summed E-state index contributed by atoms with van der Waals surface area (Å²) < 4.78 is 2.32. The molecule has 0 aliphatic heterocycles. The van der Waals surface area contributed by atoms with Gasteiger partial charge in [0.05, 0.1) is 10.9 Å². The molecule has 3 rings (SSSR count). The number of hydrogen-bond acceptors (Lipinski definition) is 5. The highest BCUT2D eigenvalue weighted by Gasteiger charge is 2.41. The van der Waals surface area contributed by atoms with Crippen molar-refractivity contribution in [1.29, 1.82) is 0 Å². The quantitative estimate of drug-likeness (QED) is 0.757. The van der Waals surface area contributed by atoms with E-state index < -0.39 is 16.8 Å². The Balaban J connectivity index is 0.00000182. The van der Waals surface area contributed by atoms with Gasteiger partial charge in [0, 0.05) is 20.6 Å². The Morgan fingerprint density at radius 2 is 1.89 bits per heavy atom. The second-order valence-corrected chi connectivity index (χ2v) is 7.08. The highest BCUT2D eigenvalue weighted by atomic mass is 35.5. The van der Waals surface area contributed by atoms with Gasteiger partial charge in [-0.25, -0.2) is 9.78 Å². The predicted molar refractivity (Wildman–Crippen MR) is 109 cm³/mol. The van der Waals surface area contributed by atoms with Crippen molar-refractivity contribution in [2.75, 3.05) is 6.54 Å². The fourth-order valence-electron chi connectivity index (χ4n) is 3.21. The van der Waals surface area contributed by atoms with Crippen LogP contribution in [-0.4, -0.2) is 32.1 Å². The first kappa shape index (κ1) is 23.1. The van der Waals surface area contributed by atoms with E-state index in [1.54, 1.807) is 13.0 Å². The Bertz CT molecular complexity index is 997. The number of amides is 1. The van der Waals surface area contributed by atoms with E-state index in [1.807, 2.05) is 6.92 Å². The first-order valence-corrected chi connectivity index (χ1v) is 8.29. The summed E-state index contributed by atoms with van der Waals surface area (Å²) in [6.07, 6.45) is 2.09. The summed E-state index contributed by atoms with van der Waals surface area (Å²) >= 11 is 0. The normalized spacial score (nSPS) is 15.4. The Labute approximate surface area is 169 Å². The van der Waals surface area contributed by atoms with Crippen LogP contribution in [0.1, 0.15) is 35.8 Å². The minimum atomic E-state index is -0.480. The van der Waals surface area contributed by atoms with Crippen molar-refractivity contribution in [1.82, 2.24) is 19.4 Å². The number of fused-ring (bicyclic) bond motifs is 1. The summed E-state index contributed by atoms with van der Waals surface area (Å²) in [5, 5.41) is 3.31. The van der Waals surface area contributed by atoms with Crippen molar-refractivity contribution < 1.29 is 4.79 Å². The zero-order valence-electron chi connectivity index (χ0n) is 15.7. The van der Waals surface area contributed by atoms with Crippen LogP contribution < -0.4 is 22.3 Å². The zero-order chi connectivity index (χ0) is 18.5. The smallest absolute Gasteiger partial charge is 0.332 e. The van der Waals surface area contributed by atoms with Crippen LogP contribution in [-0.2, 0) is 14.1 Å². The third-order valence-electron chi connectivity index (χ3n) is 5.14. The molecule has 0 bridgehead atoms. The second-order valence-electron chi connectivity index (χ2n) is 7.08. The van der Waals surface area contributed by atoms with E-state index in [0.29, 0.717) is 23.4 Å². The van der Waals surface area contributed by atoms with Gasteiger partial charge in [0.25, 0.3) is 11.5 Å². The molecule has 150 valence electrons. The fraction of sp³-hybridized carbons (Fsp3) is 0.529. The third-order valence-corrected chi connectivity index (χ3v) is 5.14. The number of aromatic nitrogens is 3. The van der Waals surface area contributed by atoms with Crippen molar-refractivity contribution in [3.63, 3.8) is 0 Å². The molecule has 2 aromatic heterocycles. The van der Waals surface area contributed by atoms with E-state index >= 15 is 0 Å². The van der Waals surface area contributed by atoms with Crippen molar-refractivity contribution in [3.05, 3.63) is 38.2 Å². The molecule has 8 nitrogen and oxygen atoms in total. The van der Waals surface area contributed by atoms with Crippen LogP contribution in [0.15, 0.2) is 15.7 Å². The number of carbonyl (C=O) groups excluding carboxylic acids is 1. The fourth-order valence-corrected chi connectivity index (χ4v) is 3.21. The van der Waals surface area contributed by atoms with Gasteiger partial charge < -0.3 is 11.1 Å². The monoisotopic (exact) mass is 417 g/mol. The summed E-state index contributed by atoms with van der Waals surface area (Å²) in [6.45, 7) is 4.01. The van der Waals surface area contributed by atoms with E-state index in [0.717, 1.165) is 17.4 Å². The Morgan fingerprint density at radius 1 is 1.30 bits per heavy atom. The minimum absolute atomic E-state index is 0. The molecule has 1 aliphatic rings. The number of hydrogen-bond donors (Lipinski definition) is 2. The number of carbonyl (C=O) groups is 1. The molecule has 1 aliphatic carbocycles. The van der Waals surface area contributed by atoms with Crippen LogP contribution in [0.5, 0.6) is 0 Å². The number of nitrogens with two attached hydrogens (primary N) is 1. The molecule has 27 heavy (non-hydrogen) atoms. The Hall–Kier alpha value is -1.90. The van der Waals surface area contributed by atoms with Crippen molar-refractivity contribution in [3.8, 4) is 0 Å². The lowest BCUT2D eigenvalue weighted by atomic mass is 9.95. The average Bonchev–Trinajstić information content (AvgIpc) is 3.42. The van der Waals surface area contributed by atoms with Crippen LogP contribution in [0, 0.1) is 12.8 Å². The molecule has 0 aromatic carbocycles. The summed E-state index contributed by atoms with van der Waals surface area (Å²) in [6, 6.07) is 1.58. The largest absolute Gasteiger partial charge is 0.344 e. The number of halogens is 2. The van der Waals surface area contributed by atoms with Gasteiger partial charge >= 0.3 is 5.69 Å². The van der Waals surface area contributed by atoms with Gasteiger partial charge in [-0.3, -0.25) is 18.7 Å². The minimum Gasteiger partial charge on any atom is -0.344 e. The van der Waals surface area contributed by atoms with Gasteiger partial charge in [-0.15, -0.1) is 24.8 Å². The standard InChI is InChI=1S/C17H23N5O3.2ClH/c1-9-7-11(14(23)20-17(2,8-18)10-5-6-10)19-13-12(9)15(24)22(4)16(25)21(13)3;;/h7,10H,5-6,8,18H2,1-4H3,(H,20,23);2*1H. The molecule has 2 heterocycles. The summed E-state index contributed by atoms with van der Waals surface area (Å²) in [4.78, 5) is 41.5. The van der Waals surface area contributed by atoms with E-state index in [2.05, 4.69) is 10.3 Å². The van der Waals surface area contributed by atoms with Crippen LogP contribution in [0.25, 0.3) is 11.0 Å². The van der Waals surface area contributed by atoms with E-state index in [-0.39, 0.29) is 42.1 Å². The topological polar surface area (TPSA) is 112 Å². The molecular formula is C17H25Cl2N5O3. The molecule has 0 radical (unpaired) electrons. The molecule has 0 saturated heterocycles. The van der Waals surface area contributed by atoms with Crippen LogP contribution in [0.3, 0.4) is 0 Å². The van der Waals surface area contributed by atoms with Crippen molar-refractivity contribution in [2.24, 2.45) is 25.7 Å². The number of nitrogens with zero attached hydrogens (tertiary/aromatic N) is 3. The SMILES string of the molecule is Cc1cc(C(=O)NC(C)(CN)C2CC2)nc2c1c(=O)n(C)c(=O)n2C.Cl.Cl. The zero-order valence-corrected chi connectivity index (χ0v) is 17.4. The number of pyridine rings is 1. The Morgan fingerprint density at radius 3 is 2.41 bits per heavy atom. The molecule has 1 unspecified atom stereocenters. The molecule has 10 heteroatoms. The maximum atomic E-state index is 12.7. The highest BCUT2D eigenvalue weighted by molar-refractivity contribution is 5.95. The van der Waals surface area contributed by atoms with E-state index in [9.17, 15) is 14.4 Å². The number of rotatable bonds is 4. The van der Waals surface area contributed by atoms with Crippen LogP contribution >= 0.6 is 24.8 Å². The molecular weight excluding hydrogens is 393 g/mol. The highest BCUT2D eigenvalue weighted by Crippen LogP contribution is 2.39. The van der Waals surface area contributed by atoms with Gasteiger partial charge in [-0.05, 0) is 44.2 Å². The van der Waals surface area contributed by atoms with Crippen molar-refractivity contribution in [2.45, 2.75) is 32.2 Å². The van der Waals surface area contributed by atoms with E-state index in [1.165, 1.54) is 18.7 Å². The lowest BCUT2D eigenvalue weighted by Crippen LogP contribution is -2.53. The molecule has 1 fully saturated rings. The van der Waals surface area contributed by atoms with Gasteiger partial charge in [-0.1, -0.05) is 0 Å². The third kappa shape index (κ3) is 3.88. The maximum Gasteiger partial charge on any atom is 0.332 e. The maximum absolute atomic E-state index is 12.7. The molecule has 2 aromatic rings. The second kappa shape index (κ2) is 8.00. The van der Waals surface area contributed by atoms with Gasteiger partial charge in [-0.2, -0.15) is 0 Å². The molecule has 1 atom stereocenters. The molecule has 1 saturated carbocycles. The first-order chi connectivity index (χ1) is 11.7. The number of aryl methyl sites for hydroxylation is 2. The lowest BCUT2D eigenvalue weighted by Gasteiger charge is -2.29. The average molecular weight is 418 g/mol. The summed E-state index contributed by atoms with van der Waals surface area (Å²) in [7, 11) is 2.96.